The quantitative estimate of drug-likeness (QED) is 0.233. The van der Waals surface area contributed by atoms with E-state index < -0.39 is 11.8 Å². The number of carbonyl (C=O) groups excluding carboxylic acids is 1. The van der Waals surface area contributed by atoms with Crippen LogP contribution in [0.3, 0.4) is 0 Å². The number of rotatable bonds is 7. The third kappa shape index (κ3) is 5.31. The Morgan fingerprint density at radius 3 is 2.48 bits per heavy atom. The zero-order chi connectivity index (χ0) is 29.2. The number of hydrogen-bond acceptors (Lipinski definition) is 4. The molecule has 0 fully saturated rings. The van der Waals surface area contributed by atoms with Gasteiger partial charge in [0.15, 0.2) is 0 Å². The number of aromatic carboxylic acids is 1. The Balaban J connectivity index is 1.40. The van der Waals surface area contributed by atoms with E-state index in [1.807, 2.05) is 65.4 Å². The highest BCUT2D eigenvalue weighted by atomic mass is 19.1. The van der Waals surface area contributed by atoms with Gasteiger partial charge in [0.2, 0.25) is 0 Å². The number of carboxylic acid groups (broad SMARTS) is 1. The lowest BCUT2D eigenvalue weighted by Crippen LogP contribution is -2.23. The first-order valence-corrected chi connectivity index (χ1v) is 13.2. The van der Waals surface area contributed by atoms with Gasteiger partial charge < -0.3 is 15.0 Å². The summed E-state index contributed by atoms with van der Waals surface area (Å²) in [5.41, 5.74) is 4.91. The number of para-hydroxylation sites is 1. The Labute approximate surface area is 240 Å². The molecule has 0 aliphatic heterocycles. The van der Waals surface area contributed by atoms with Crippen LogP contribution in [0.5, 0.6) is 0 Å². The SMILES string of the molecule is N#Cc1cc(F)cc(-c2cc(C(=O)NCc3ccc(C(=O)O)cc3)c3c(ccn3Cc3ccc4ccccc4n3)c2)c1. The van der Waals surface area contributed by atoms with E-state index in [1.54, 1.807) is 24.3 Å². The zero-order valence-electron chi connectivity index (χ0n) is 22.2. The Bertz CT molecular complexity index is 2040. The van der Waals surface area contributed by atoms with Crippen molar-refractivity contribution in [3.05, 3.63) is 137 Å². The van der Waals surface area contributed by atoms with Gasteiger partial charge in [-0.3, -0.25) is 9.78 Å². The second-order valence-electron chi connectivity index (χ2n) is 9.93. The molecule has 7 nitrogen and oxygen atoms in total. The van der Waals surface area contributed by atoms with Gasteiger partial charge in [-0.2, -0.15) is 5.26 Å². The third-order valence-electron chi connectivity index (χ3n) is 7.11. The first-order chi connectivity index (χ1) is 20.4. The number of fused-ring (bicyclic) bond motifs is 2. The molecule has 0 unspecified atom stereocenters. The molecule has 0 aliphatic rings. The minimum atomic E-state index is -1.02. The normalized spacial score (nSPS) is 11.0. The fraction of sp³-hybridized carbons (Fsp3) is 0.0588. The highest BCUT2D eigenvalue weighted by Gasteiger charge is 2.18. The number of carboxylic acids is 1. The van der Waals surface area contributed by atoms with Crippen LogP contribution in [0.1, 0.15) is 37.5 Å². The zero-order valence-corrected chi connectivity index (χ0v) is 22.2. The summed E-state index contributed by atoms with van der Waals surface area (Å²) in [6.45, 7) is 0.596. The van der Waals surface area contributed by atoms with Crippen molar-refractivity contribution in [2.24, 2.45) is 0 Å². The molecule has 1 amide bonds. The van der Waals surface area contributed by atoms with Crippen molar-refractivity contribution in [1.29, 1.82) is 5.26 Å². The first kappa shape index (κ1) is 26.4. The van der Waals surface area contributed by atoms with Gasteiger partial charge in [-0.1, -0.05) is 36.4 Å². The summed E-state index contributed by atoms with van der Waals surface area (Å²) in [4.78, 5) is 29.7. The lowest BCUT2D eigenvalue weighted by atomic mass is 9.98. The van der Waals surface area contributed by atoms with E-state index in [4.69, 9.17) is 10.1 Å². The van der Waals surface area contributed by atoms with Gasteiger partial charge >= 0.3 is 5.97 Å². The van der Waals surface area contributed by atoms with Gasteiger partial charge in [-0.15, -0.1) is 0 Å². The fourth-order valence-corrected chi connectivity index (χ4v) is 5.06. The molecule has 8 heteroatoms. The molecule has 0 saturated heterocycles. The van der Waals surface area contributed by atoms with Crippen molar-refractivity contribution in [2.75, 3.05) is 0 Å². The van der Waals surface area contributed by atoms with Crippen molar-refractivity contribution < 1.29 is 19.1 Å². The summed E-state index contributed by atoms with van der Waals surface area (Å²) in [5, 5.41) is 23.3. The van der Waals surface area contributed by atoms with Crippen molar-refractivity contribution in [2.45, 2.75) is 13.1 Å². The van der Waals surface area contributed by atoms with Crippen LogP contribution in [-0.4, -0.2) is 26.5 Å². The number of hydrogen-bond donors (Lipinski definition) is 2. The lowest BCUT2D eigenvalue weighted by Gasteiger charge is -2.13. The smallest absolute Gasteiger partial charge is 0.335 e. The van der Waals surface area contributed by atoms with Crippen molar-refractivity contribution in [1.82, 2.24) is 14.9 Å². The maximum Gasteiger partial charge on any atom is 0.335 e. The average molecular weight is 555 g/mol. The summed E-state index contributed by atoms with van der Waals surface area (Å²) in [6.07, 6.45) is 1.89. The second-order valence-corrected chi connectivity index (χ2v) is 9.93. The number of aromatic nitrogens is 2. The van der Waals surface area contributed by atoms with E-state index in [9.17, 15) is 19.2 Å². The number of nitriles is 1. The van der Waals surface area contributed by atoms with E-state index in [0.717, 1.165) is 33.6 Å². The second kappa shape index (κ2) is 11.0. The molecular weight excluding hydrogens is 531 g/mol. The summed E-state index contributed by atoms with van der Waals surface area (Å²) >= 11 is 0. The predicted octanol–water partition coefficient (Wildman–Crippen LogP) is 6.54. The monoisotopic (exact) mass is 554 g/mol. The highest BCUT2D eigenvalue weighted by Crippen LogP contribution is 2.31. The molecule has 0 radical (unpaired) electrons. The molecule has 0 spiro atoms. The summed E-state index contributed by atoms with van der Waals surface area (Å²) in [5.74, 6) is -1.92. The number of nitrogens with zero attached hydrogens (tertiary/aromatic N) is 3. The Kier molecular flexibility index (Phi) is 6.91. The van der Waals surface area contributed by atoms with Gasteiger partial charge in [-0.25, -0.2) is 9.18 Å². The molecule has 2 heterocycles. The molecule has 4 aromatic carbocycles. The molecule has 0 saturated carbocycles. The Morgan fingerprint density at radius 2 is 1.69 bits per heavy atom. The van der Waals surface area contributed by atoms with Gasteiger partial charge in [0.05, 0.1) is 46.0 Å². The van der Waals surface area contributed by atoms with Crippen LogP contribution in [0.4, 0.5) is 4.39 Å². The van der Waals surface area contributed by atoms with Gasteiger partial charge in [0.1, 0.15) is 5.82 Å². The van der Waals surface area contributed by atoms with Crippen molar-refractivity contribution in [3.8, 4) is 17.2 Å². The molecule has 6 rings (SSSR count). The molecule has 2 N–H and O–H groups in total. The fourth-order valence-electron chi connectivity index (χ4n) is 5.06. The number of benzene rings is 4. The topological polar surface area (TPSA) is 108 Å². The highest BCUT2D eigenvalue weighted by molar-refractivity contribution is 6.08. The maximum absolute atomic E-state index is 14.3. The standard InChI is InChI=1S/C34H23FN4O3/c35-28-14-22(18-36)13-26(16-28)27-15-25-11-12-39(20-29-10-9-23-3-1-2-4-31(23)38-29)32(25)30(17-27)33(40)37-19-21-5-7-24(8-6-21)34(41)42/h1-17H,19-20H2,(H,37,40)(H,41,42). The number of carbonyl (C=O) groups is 2. The first-order valence-electron chi connectivity index (χ1n) is 13.2. The Morgan fingerprint density at radius 1 is 0.905 bits per heavy atom. The van der Waals surface area contributed by atoms with E-state index in [-0.39, 0.29) is 23.6 Å². The van der Waals surface area contributed by atoms with Crippen LogP contribution < -0.4 is 5.32 Å². The average Bonchev–Trinajstić information content (AvgIpc) is 3.41. The number of amides is 1. The summed E-state index contributed by atoms with van der Waals surface area (Å²) < 4.78 is 16.3. The van der Waals surface area contributed by atoms with E-state index >= 15 is 0 Å². The van der Waals surface area contributed by atoms with Gasteiger partial charge in [0.25, 0.3) is 5.91 Å². The minimum absolute atomic E-state index is 0.159. The van der Waals surface area contributed by atoms with Crippen LogP contribution in [-0.2, 0) is 13.1 Å². The minimum Gasteiger partial charge on any atom is -0.478 e. The number of halogens is 1. The van der Waals surface area contributed by atoms with Crippen LogP contribution in [0.25, 0.3) is 32.9 Å². The van der Waals surface area contributed by atoms with Crippen LogP contribution in [0, 0.1) is 17.1 Å². The van der Waals surface area contributed by atoms with Crippen molar-refractivity contribution in [3.63, 3.8) is 0 Å². The van der Waals surface area contributed by atoms with Crippen LogP contribution >= 0.6 is 0 Å². The molecule has 42 heavy (non-hydrogen) atoms. The Hall–Kier alpha value is -5.81. The molecule has 6 aromatic rings. The lowest BCUT2D eigenvalue weighted by molar-refractivity contribution is 0.0696. The van der Waals surface area contributed by atoms with Gasteiger partial charge in [0, 0.05) is 23.5 Å². The summed E-state index contributed by atoms with van der Waals surface area (Å²) in [6, 6.07) is 29.6. The van der Waals surface area contributed by atoms with Crippen LogP contribution in [0.15, 0.2) is 103 Å². The molecule has 0 atom stereocenters. The number of nitrogens with one attached hydrogen (secondary N) is 1. The molecule has 204 valence electrons. The van der Waals surface area contributed by atoms with Gasteiger partial charge in [-0.05, 0) is 77.4 Å². The molecular formula is C34H23FN4O3. The predicted molar refractivity (Wildman–Crippen MR) is 157 cm³/mol. The van der Waals surface area contributed by atoms with E-state index in [0.29, 0.717) is 28.8 Å². The molecule has 2 aromatic heterocycles. The third-order valence-corrected chi connectivity index (χ3v) is 7.11. The van der Waals surface area contributed by atoms with Crippen molar-refractivity contribution >= 4 is 33.7 Å². The summed E-state index contributed by atoms with van der Waals surface area (Å²) in [7, 11) is 0. The van der Waals surface area contributed by atoms with E-state index in [1.165, 1.54) is 18.2 Å². The largest absolute Gasteiger partial charge is 0.478 e. The van der Waals surface area contributed by atoms with Crippen LogP contribution in [0.2, 0.25) is 0 Å². The molecule has 0 aliphatic carbocycles. The molecule has 0 bridgehead atoms. The number of pyridine rings is 1. The van der Waals surface area contributed by atoms with E-state index in [2.05, 4.69) is 5.32 Å². The maximum atomic E-state index is 14.3.